The predicted molar refractivity (Wildman–Crippen MR) is 73.3 cm³/mol. The van der Waals surface area contributed by atoms with E-state index >= 15 is 0 Å². The Hall–Kier alpha value is -0.750. The molecule has 0 aromatic rings. The smallest absolute Gasteiger partial charge is 0.305 e. The first-order valence-electron chi connectivity index (χ1n) is 6.70. The minimum Gasteiger partial charge on any atom is -0.481 e. The Bertz CT molecular complexity index is 351. The van der Waals surface area contributed by atoms with Gasteiger partial charge in [0.05, 0.1) is 24.5 Å². The Morgan fingerprint density at radius 3 is 2.74 bits per heavy atom. The molecule has 2 rings (SSSR count). The van der Waals surface area contributed by atoms with Crippen molar-refractivity contribution in [2.75, 3.05) is 25.2 Å². The first kappa shape index (κ1) is 14.7. The fourth-order valence-corrected chi connectivity index (χ4v) is 3.82. The van der Waals surface area contributed by atoms with Crippen LogP contribution in [0, 0.1) is 0 Å². The molecule has 6 heteroatoms. The number of carboxylic acids is 1. The molecule has 1 N–H and O–H groups in total. The molecule has 1 aliphatic carbocycles. The highest BCUT2D eigenvalue weighted by Crippen LogP contribution is 2.38. The molecular formula is C13H21NO4S. The van der Waals surface area contributed by atoms with Crippen molar-refractivity contribution >= 4 is 23.6 Å². The quantitative estimate of drug-likeness (QED) is 0.827. The summed E-state index contributed by atoms with van der Waals surface area (Å²) < 4.78 is 5.48. The lowest BCUT2D eigenvalue weighted by molar-refractivity contribution is -0.147. The van der Waals surface area contributed by atoms with Gasteiger partial charge >= 0.3 is 5.97 Å². The summed E-state index contributed by atoms with van der Waals surface area (Å²) in [4.78, 5) is 25.0. The van der Waals surface area contributed by atoms with Gasteiger partial charge in [-0.1, -0.05) is 0 Å². The number of thioether (sulfide) groups is 1. The second-order valence-corrected chi connectivity index (χ2v) is 6.48. The summed E-state index contributed by atoms with van der Waals surface area (Å²) in [5.74, 6) is 0.823. The van der Waals surface area contributed by atoms with Crippen LogP contribution in [0.3, 0.4) is 0 Å². The number of rotatable bonds is 5. The van der Waals surface area contributed by atoms with E-state index in [0.717, 1.165) is 30.8 Å². The van der Waals surface area contributed by atoms with E-state index in [1.165, 1.54) is 0 Å². The summed E-state index contributed by atoms with van der Waals surface area (Å²) in [7, 11) is 1.66. The SMILES string of the molecule is COC1(CC(=O)N2CCSCC2CC(=O)O)CCC1. The molecule has 2 aliphatic rings. The number of carbonyl (C=O) groups excluding carboxylic acids is 1. The van der Waals surface area contributed by atoms with Crippen molar-refractivity contribution in [2.45, 2.75) is 43.7 Å². The second kappa shape index (κ2) is 6.13. The third-order valence-electron chi connectivity index (χ3n) is 4.13. The molecule has 2 fully saturated rings. The molecule has 1 saturated heterocycles. The highest BCUT2D eigenvalue weighted by Gasteiger charge is 2.41. The van der Waals surface area contributed by atoms with Crippen LogP contribution in [0.1, 0.15) is 32.1 Å². The topological polar surface area (TPSA) is 66.8 Å². The third-order valence-corrected chi connectivity index (χ3v) is 5.22. The number of methoxy groups -OCH3 is 1. The van der Waals surface area contributed by atoms with Gasteiger partial charge in [-0.3, -0.25) is 9.59 Å². The van der Waals surface area contributed by atoms with Crippen LogP contribution in [0.15, 0.2) is 0 Å². The normalized spacial score (nSPS) is 25.7. The van der Waals surface area contributed by atoms with Crippen molar-refractivity contribution in [3.8, 4) is 0 Å². The van der Waals surface area contributed by atoms with E-state index in [0.29, 0.717) is 13.0 Å². The number of hydrogen-bond acceptors (Lipinski definition) is 4. The lowest BCUT2D eigenvalue weighted by Gasteiger charge is -2.43. The van der Waals surface area contributed by atoms with Gasteiger partial charge in [0.15, 0.2) is 0 Å². The van der Waals surface area contributed by atoms with Crippen LogP contribution >= 0.6 is 11.8 Å². The molecule has 19 heavy (non-hydrogen) atoms. The summed E-state index contributed by atoms with van der Waals surface area (Å²) >= 11 is 1.72. The van der Waals surface area contributed by atoms with E-state index in [1.54, 1.807) is 23.8 Å². The Morgan fingerprint density at radius 2 is 2.21 bits per heavy atom. The van der Waals surface area contributed by atoms with Crippen molar-refractivity contribution in [3.63, 3.8) is 0 Å². The molecule has 0 bridgehead atoms. The molecule has 108 valence electrons. The van der Waals surface area contributed by atoms with Crippen molar-refractivity contribution in [1.29, 1.82) is 0 Å². The molecule has 0 radical (unpaired) electrons. The second-order valence-electron chi connectivity index (χ2n) is 5.33. The Balaban J connectivity index is 1.96. The molecular weight excluding hydrogens is 266 g/mol. The van der Waals surface area contributed by atoms with E-state index in [2.05, 4.69) is 0 Å². The Labute approximate surface area is 117 Å². The molecule has 1 unspecified atom stereocenters. The minimum absolute atomic E-state index is 0.0404. The molecule has 1 heterocycles. The first-order valence-corrected chi connectivity index (χ1v) is 7.86. The van der Waals surface area contributed by atoms with Crippen LogP contribution in [0.4, 0.5) is 0 Å². The third kappa shape index (κ3) is 3.42. The van der Waals surface area contributed by atoms with Crippen LogP contribution in [-0.2, 0) is 14.3 Å². The van der Waals surface area contributed by atoms with E-state index in [1.807, 2.05) is 0 Å². The number of amides is 1. The number of carbonyl (C=O) groups is 2. The van der Waals surface area contributed by atoms with Crippen LogP contribution in [-0.4, -0.2) is 58.7 Å². The van der Waals surface area contributed by atoms with Crippen molar-refractivity contribution in [2.24, 2.45) is 0 Å². The van der Waals surface area contributed by atoms with Crippen molar-refractivity contribution in [3.05, 3.63) is 0 Å². The molecule has 5 nitrogen and oxygen atoms in total. The van der Waals surface area contributed by atoms with E-state index < -0.39 is 5.97 Å². The molecule has 1 saturated carbocycles. The monoisotopic (exact) mass is 287 g/mol. The van der Waals surface area contributed by atoms with Gasteiger partial charge in [-0.2, -0.15) is 11.8 Å². The summed E-state index contributed by atoms with van der Waals surface area (Å²) in [6.45, 7) is 0.654. The fourth-order valence-electron chi connectivity index (χ4n) is 2.76. The number of carboxylic acid groups (broad SMARTS) is 1. The Kier molecular flexibility index (Phi) is 4.73. The number of aliphatic carboxylic acids is 1. The summed E-state index contributed by atoms with van der Waals surface area (Å²) in [5, 5.41) is 8.93. The first-order chi connectivity index (χ1) is 9.06. The molecule has 0 aromatic carbocycles. The van der Waals surface area contributed by atoms with Crippen LogP contribution in [0.5, 0.6) is 0 Å². The van der Waals surface area contributed by atoms with Gasteiger partial charge in [-0.05, 0) is 19.3 Å². The highest BCUT2D eigenvalue weighted by molar-refractivity contribution is 7.99. The maximum absolute atomic E-state index is 12.4. The number of hydrogen-bond donors (Lipinski definition) is 1. The molecule has 0 aromatic heterocycles. The van der Waals surface area contributed by atoms with Gasteiger partial charge in [-0.15, -0.1) is 0 Å². The van der Waals surface area contributed by atoms with Gasteiger partial charge < -0.3 is 14.7 Å². The molecule has 1 aliphatic heterocycles. The lowest BCUT2D eigenvalue weighted by atomic mass is 9.77. The highest BCUT2D eigenvalue weighted by atomic mass is 32.2. The predicted octanol–water partition coefficient (Wildman–Crippen LogP) is 1.36. The lowest BCUT2D eigenvalue weighted by Crippen LogP contribution is -2.51. The summed E-state index contributed by atoms with van der Waals surface area (Å²) in [5.41, 5.74) is -0.282. The molecule has 1 atom stereocenters. The minimum atomic E-state index is -0.838. The zero-order valence-corrected chi connectivity index (χ0v) is 12.1. The van der Waals surface area contributed by atoms with Gasteiger partial charge in [-0.25, -0.2) is 0 Å². The van der Waals surface area contributed by atoms with Gasteiger partial charge in [0.1, 0.15) is 0 Å². The van der Waals surface area contributed by atoms with Crippen LogP contribution < -0.4 is 0 Å². The maximum Gasteiger partial charge on any atom is 0.305 e. The van der Waals surface area contributed by atoms with Crippen LogP contribution in [0.2, 0.25) is 0 Å². The van der Waals surface area contributed by atoms with Gasteiger partial charge in [0, 0.05) is 25.2 Å². The number of ether oxygens (including phenoxy) is 1. The van der Waals surface area contributed by atoms with Crippen LogP contribution in [0.25, 0.3) is 0 Å². The average Bonchev–Trinajstić information content (AvgIpc) is 2.33. The zero-order valence-electron chi connectivity index (χ0n) is 11.3. The van der Waals surface area contributed by atoms with E-state index in [-0.39, 0.29) is 24.0 Å². The number of nitrogens with zero attached hydrogens (tertiary/aromatic N) is 1. The van der Waals surface area contributed by atoms with E-state index in [4.69, 9.17) is 9.84 Å². The zero-order chi connectivity index (χ0) is 13.9. The standard InChI is InChI=1S/C13H21NO4S/c1-18-13(3-2-4-13)8-11(15)14-5-6-19-9-10(14)7-12(16)17/h10H,2-9H2,1H3,(H,16,17). The van der Waals surface area contributed by atoms with Crippen molar-refractivity contribution in [1.82, 2.24) is 4.90 Å². The fraction of sp³-hybridized carbons (Fsp3) is 0.846. The molecule has 1 amide bonds. The van der Waals surface area contributed by atoms with Gasteiger partial charge in [0.2, 0.25) is 5.91 Å². The largest absolute Gasteiger partial charge is 0.481 e. The average molecular weight is 287 g/mol. The van der Waals surface area contributed by atoms with E-state index in [9.17, 15) is 9.59 Å². The molecule has 0 spiro atoms. The maximum atomic E-state index is 12.4. The summed E-state index contributed by atoms with van der Waals surface area (Å²) in [6.07, 6.45) is 3.40. The Morgan fingerprint density at radius 1 is 1.47 bits per heavy atom. The van der Waals surface area contributed by atoms with Gasteiger partial charge in [0.25, 0.3) is 0 Å². The summed E-state index contributed by atoms with van der Waals surface area (Å²) in [6, 6.07) is -0.169. The van der Waals surface area contributed by atoms with Crippen molar-refractivity contribution < 1.29 is 19.4 Å².